The molecule has 0 saturated carbocycles. The van der Waals surface area contributed by atoms with Gasteiger partial charge < -0.3 is 4.57 Å². The van der Waals surface area contributed by atoms with Crippen molar-refractivity contribution in [3.05, 3.63) is 249 Å². The fourth-order valence-electron chi connectivity index (χ4n) is 11.0. The van der Waals surface area contributed by atoms with Crippen molar-refractivity contribution in [2.75, 3.05) is 0 Å². The number of benzene rings is 11. The van der Waals surface area contributed by atoms with Crippen LogP contribution in [0.2, 0.25) is 0 Å². The molecule has 304 valence electrons. The topological polar surface area (TPSA) is 4.93 Å². The number of hydrogen-bond donors (Lipinski definition) is 0. The van der Waals surface area contributed by atoms with E-state index in [-0.39, 0.29) is 0 Å². The zero-order valence-electron chi connectivity index (χ0n) is 35.5. The van der Waals surface area contributed by atoms with Gasteiger partial charge >= 0.3 is 0 Å². The molecule has 0 atom stereocenters. The van der Waals surface area contributed by atoms with Gasteiger partial charge in [0.2, 0.25) is 0 Å². The molecule has 0 unspecified atom stereocenters. The molecule has 13 rings (SSSR count). The van der Waals surface area contributed by atoms with E-state index in [1.165, 1.54) is 112 Å². The fraction of sp³-hybridized carbons (Fsp3) is 0. The summed E-state index contributed by atoms with van der Waals surface area (Å²) in [6.07, 6.45) is 0. The van der Waals surface area contributed by atoms with Crippen LogP contribution in [0, 0.1) is 0 Å². The first-order valence-corrected chi connectivity index (χ1v) is 25.2. The highest BCUT2D eigenvalue weighted by molar-refractivity contribution is 7.26. The van der Waals surface area contributed by atoms with Gasteiger partial charge in [-0.2, -0.15) is 0 Å². The van der Waals surface area contributed by atoms with Crippen LogP contribution in [0.1, 0.15) is 0 Å². The van der Waals surface area contributed by atoms with Crippen molar-refractivity contribution >= 4 is 104 Å². The summed E-state index contributed by atoms with van der Waals surface area (Å²) in [5.74, 6) is 0. The maximum Gasteiger partial charge on any atom is 0.180 e. The third-order valence-electron chi connectivity index (χ3n) is 13.7. The molecule has 13 aromatic rings. The zero-order valence-corrected chi connectivity index (χ0v) is 37.3. The second-order valence-corrected chi connectivity index (χ2v) is 22.0. The molecule has 0 radical (unpaired) electrons. The number of thiophene rings is 1. The summed E-state index contributed by atoms with van der Waals surface area (Å²) in [6, 6.07) is 93.6. The van der Waals surface area contributed by atoms with Crippen molar-refractivity contribution < 1.29 is 0 Å². The molecule has 0 aliphatic rings. The van der Waals surface area contributed by atoms with E-state index < -0.39 is 8.07 Å². The minimum absolute atomic E-state index is 1.18. The number of para-hydroxylation sites is 1. The van der Waals surface area contributed by atoms with Crippen LogP contribution >= 0.6 is 11.3 Å². The van der Waals surface area contributed by atoms with Gasteiger partial charge in [-0.3, -0.25) is 0 Å². The lowest BCUT2D eigenvalue weighted by Gasteiger charge is -2.37. The lowest BCUT2D eigenvalue weighted by molar-refractivity contribution is 1.19. The van der Waals surface area contributed by atoms with E-state index in [1.807, 2.05) is 11.3 Å². The Morgan fingerprint density at radius 2 is 0.846 bits per heavy atom. The van der Waals surface area contributed by atoms with E-state index in [0.29, 0.717) is 0 Å². The number of fused-ring (bicyclic) bond motifs is 10. The van der Waals surface area contributed by atoms with E-state index in [1.54, 1.807) is 0 Å². The van der Waals surface area contributed by atoms with Gasteiger partial charge in [-0.25, -0.2) is 0 Å². The van der Waals surface area contributed by atoms with Crippen LogP contribution < -0.4 is 20.7 Å². The summed E-state index contributed by atoms with van der Waals surface area (Å²) in [7, 11) is -3.20. The predicted octanol–water partition coefficient (Wildman–Crippen LogP) is 14.2. The Balaban J connectivity index is 1.27. The minimum atomic E-state index is -3.20. The molecule has 3 heteroatoms. The molecule has 0 fully saturated rings. The summed E-state index contributed by atoms with van der Waals surface area (Å²) in [6.45, 7) is 0. The number of nitrogens with zero attached hydrogens (tertiary/aromatic N) is 1. The summed E-state index contributed by atoms with van der Waals surface area (Å²) in [4.78, 5) is 0. The average molecular weight is 860 g/mol. The minimum Gasteiger partial charge on any atom is -0.307 e. The largest absolute Gasteiger partial charge is 0.307 e. The average Bonchev–Trinajstić information content (AvgIpc) is 3.93. The molecular weight excluding hydrogens is 819 g/mol. The molecule has 11 aromatic carbocycles. The van der Waals surface area contributed by atoms with Crippen LogP contribution in [0.25, 0.3) is 91.5 Å². The van der Waals surface area contributed by atoms with Gasteiger partial charge in [-0.05, 0) is 71.6 Å². The first kappa shape index (κ1) is 37.7. The van der Waals surface area contributed by atoms with Crippen molar-refractivity contribution in [2.24, 2.45) is 0 Å². The molecule has 0 saturated heterocycles. The lowest BCUT2D eigenvalue weighted by atomic mass is 9.95. The Morgan fingerprint density at radius 1 is 0.338 bits per heavy atom. The van der Waals surface area contributed by atoms with Crippen molar-refractivity contribution in [1.82, 2.24) is 4.57 Å². The van der Waals surface area contributed by atoms with Gasteiger partial charge in [0.1, 0.15) is 0 Å². The van der Waals surface area contributed by atoms with E-state index in [0.717, 1.165) is 0 Å². The smallest absolute Gasteiger partial charge is 0.180 e. The van der Waals surface area contributed by atoms with Crippen LogP contribution in [0.15, 0.2) is 249 Å². The molecule has 0 amide bonds. The monoisotopic (exact) mass is 859 g/mol. The molecule has 2 heterocycles. The predicted molar refractivity (Wildman–Crippen MR) is 283 cm³/mol. The number of rotatable bonds is 7. The van der Waals surface area contributed by atoms with Crippen LogP contribution in [-0.2, 0) is 0 Å². The van der Waals surface area contributed by atoms with Crippen molar-refractivity contribution in [1.29, 1.82) is 0 Å². The first-order chi connectivity index (χ1) is 32.3. The van der Waals surface area contributed by atoms with E-state index >= 15 is 0 Å². The highest BCUT2D eigenvalue weighted by Gasteiger charge is 2.44. The molecule has 65 heavy (non-hydrogen) atoms. The maximum atomic E-state index is 2.63. The van der Waals surface area contributed by atoms with Crippen LogP contribution in [0.5, 0.6) is 0 Å². The quantitative estimate of drug-likeness (QED) is 0.0855. The Morgan fingerprint density at radius 3 is 1.49 bits per heavy atom. The van der Waals surface area contributed by atoms with Gasteiger partial charge in [0.15, 0.2) is 8.07 Å². The summed E-state index contributed by atoms with van der Waals surface area (Å²) >= 11 is 1.88. The Bertz CT molecular complexity index is 3830. The third kappa shape index (κ3) is 5.76. The van der Waals surface area contributed by atoms with Crippen LogP contribution in [-0.4, -0.2) is 12.6 Å². The van der Waals surface area contributed by atoms with E-state index in [4.69, 9.17) is 0 Å². The molecule has 0 aliphatic carbocycles. The third-order valence-corrected chi connectivity index (χ3v) is 19.6. The molecule has 0 spiro atoms. The zero-order chi connectivity index (χ0) is 42.9. The van der Waals surface area contributed by atoms with Crippen molar-refractivity contribution in [2.45, 2.75) is 0 Å². The summed E-state index contributed by atoms with van der Waals surface area (Å²) < 4.78 is 5.22. The van der Waals surface area contributed by atoms with Gasteiger partial charge in [-0.15, -0.1) is 11.3 Å². The fourth-order valence-corrected chi connectivity index (χ4v) is 17.1. The number of aromatic nitrogens is 1. The second kappa shape index (κ2) is 15.2. The Kier molecular flexibility index (Phi) is 8.80. The molecule has 0 N–H and O–H groups in total. The molecule has 0 aliphatic heterocycles. The van der Waals surface area contributed by atoms with Crippen LogP contribution in [0.3, 0.4) is 0 Å². The summed E-state index contributed by atoms with van der Waals surface area (Å²) in [5, 5.41) is 15.6. The highest BCUT2D eigenvalue weighted by atomic mass is 32.1. The van der Waals surface area contributed by atoms with E-state index in [9.17, 15) is 0 Å². The summed E-state index contributed by atoms with van der Waals surface area (Å²) in [5.41, 5.74) is 8.41. The standard InChI is InChI=1S/C62H41NSSi/c1-5-21-42(22-6-1)54-40-47(65(45-26-9-3-10-27-45,46-28-11-4-12-29-46)59-39-44-25-13-14-30-48(44)49-31-15-16-33-51(49)59)41-55(43-23-7-2-8-24-43)61(54)63-56-35-19-17-32-50(56)52-37-38-58-60(62(52)63)53-34-18-20-36-57(53)64-58/h1-41H. The lowest BCUT2D eigenvalue weighted by Crippen LogP contribution is -2.75. The van der Waals surface area contributed by atoms with Crippen LogP contribution in [0.4, 0.5) is 0 Å². The first-order valence-electron chi connectivity index (χ1n) is 22.4. The molecule has 0 bridgehead atoms. The maximum absolute atomic E-state index is 3.20. The van der Waals surface area contributed by atoms with Crippen molar-refractivity contribution in [3.8, 4) is 27.9 Å². The number of hydrogen-bond acceptors (Lipinski definition) is 1. The van der Waals surface area contributed by atoms with Gasteiger partial charge in [-0.1, -0.05) is 231 Å². The normalized spacial score (nSPS) is 12.0. The molecule has 1 nitrogen and oxygen atoms in total. The van der Waals surface area contributed by atoms with Gasteiger partial charge in [0.25, 0.3) is 0 Å². The highest BCUT2D eigenvalue weighted by Crippen LogP contribution is 2.46. The molecule has 2 aromatic heterocycles. The second-order valence-electron chi connectivity index (χ2n) is 17.1. The van der Waals surface area contributed by atoms with Gasteiger partial charge in [0.05, 0.1) is 16.7 Å². The van der Waals surface area contributed by atoms with E-state index in [2.05, 4.69) is 253 Å². The SMILES string of the molecule is c1ccc(-c2cc([Si](c3ccccc3)(c3ccccc3)c3cc4ccccc4c4ccccc34)cc(-c3ccccc3)c2-n2c3ccccc3c3ccc4sc5ccccc5c4c32)cc1. The van der Waals surface area contributed by atoms with Crippen molar-refractivity contribution in [3.63, 3.8) is 0 Å². The Labute approximate surface area is 382 Å². The Hall–Kier alpha value is -7.82. The molecular formula is C62H41NSSi. The van der Waals surface area contributed by atoms with Gasteiger partial charge in [0, 0.05) is 42.1 Å².